The highest BCUT2D eigenvalue weighted by Crippen LogP contribution is 2.12. The Morgan fingerprint density at radius 1 is 1.37 bits per heavy atom. The Morgan fingerprint density at radius 2 is 2.05 bits per heavy atom. The molecule has 19 heavy (non-hydrogen) atoms. The third-order valence-electron chi connectivity index (χ3n) is 2.81. The molecule has 0 aliphatic heterocycles. The first-order chi connectivity index (χ1) is 9.08. The van der Waals surface area contributed by atoms with Gasteiger partial charge in [-0.15, -0.1) is 0 Å². The maximum Gasteiger partial charge on any atom is 0.224 e. The zero-order valence-electron chi connectivity index (χ0n) is 10.3. The topological polar surface area (TPSA) is 57.8 Å². The quantitative estimate of drug-likeness (QED) is 0.886. The SMILES string of the molecule is Cc1[nH]ncc1CNC(=O)Cc1c(F)cccc1F. The van der Waals surface area contributed by atoms with Gasteiger partial charge in [-0.05, 0) is 19.1 Å². The second kappa shape index (κ2) is 5.60. The summed E-state index contributed by atoms with van der Waals surface area (Å²) in [6, 6.07) is 3.53. The zero-order valence-corrected chi connectivity index (χ0v) is 10.3. The Labute approximate surface area is 108 Å². The lowest BCUT2D eigenvalue weighted by atomic mass is 10.1. The van der Waals surface area contributed by atoms with E-state index in [0.29, 0.717) is 0 Å². The number of benzene rings is 1. The number of carbonyl (C=O) groups is 1. The number of carbonyl (C=O) groups excluding carboxylic acids is 1. The van der Waals surface area contributed by atoms with Gasteiger partial charge in [-0.3, -0.25) is 9.89 Å². The van der Waals surface area contributed by atoms with Gasteiger partial charge in [-0.2, -0.15) is 5.10 Å². The predicted octanol–water partition coefficient (Wildman–Crippen LogP) is 1.86. The number of aryl methyl sites for hydroxylation is 1. The number of hydrogen-bond donors (Lipinski definition) is 2. The van der Waals surface area contributed by atoms with Crippen molar-refractivity contribution in [3.8, 4) is 0 Å². The summed E-state index contributed by atoms with van der Waals surface area (Å²) < 4.78 is 26.7. The maximum absolute atomic E-state index is 13.4. The Morgan fingerprint density at radius 3 is 2.63 bits per heavy atom. The third kappa shape index (κ3) is 3.15. The van der Waals surface area contributed by atoms with Gasteiger partial charge in [0.2, 0.25) is 5.91 Å². The number of aromatic amines is 1. The van der Waals surface area contributed by atoms with Crippen LogP contribution in [0.3, 0.4) is 0 Å². The van der Waals surface area contributed by atoms with Gasteiger partial charge < -0.3 is 5.32 Å². The second-order valence-corrected chi connectivity index (χ2v) is 4.17. The van der Waals surface area contributed by atoms with Gasteiger partial charge in [0.1, 0.15) is 11.6 Å². The van der Waals surface area contributed by atoms with Crippen LogP contribution in [0.25, 0.3) is 0 Å². The van der Waals surface area contributed by atoms with Crippen LogP contribution in [0.4, 0.5) is 8.78 Å². The fourth-order valence-corrected chi connectivity index (χ4v) is 1.67. The van der Waals surface area contributed by atoms with E-state index >= 15 is 0 Å². The number of rotatable bonds is 4. The molecule has 0 fully saturated rings. The van der Waals surface area contributed by atoms with Crippen LogP contribution in [0.1, 0.15) is 16.8 Å². The van der Waals surface area contributed by atoms with Crippen molar-refractivity contribution in [2.75, 3.05) is 0 Å². The lowest BCUT2D eigenvalue weighted by Gasteiger charge is -2.06. The minimum atomic E-state index is -0.713. The van der Waals surface area contributed by atoms with Gasteiger partial charge in [0.05, 0.1) is 12.6 Å². The Hall–Kier alpha value is -2.24. The molecule has 0 bridgehead atoms. The highest BCUT2D eigenvalue weighted by molar-refractivity contribution is 5.78. The molecule has 0 aliphatic carbocycles. The number of nitrogens with zero attached hydrogens (tertiary/aromatic N) is 1. The first-order valence-corrected chi connectivity index (χ1v) is 5.76. The smallest absolute Gasteiger partial charge is 0.224 e. The van der Waals surface area contributed by atoms with E-state index in [-0.39, 0.29) is 18.5 Å². The molecule has 1 aromatic carbocycles. The van der Waals surface area contributed by atoms with E-state index in [1.165, 1.54) is 6.07 Å². The molecule has 2 N–H and O–H groups in total. The van der Waals surface area contributed by atoms with Gasteiger partial charge >= 0.3 is 0 Å². The summed E-state index contributed by atoms with van der Waals surface area (Å²) in [5.74, 6) is -1.87. The van der Waals surface area contributed by atoms with Crippen molar-refractivity contribution in [2.24, 2.45) is 0 Å². The Kier molecular flexibility index (Phi) is 3.89. The van der Waals surface area contributed by atoms with Crippen LogP contribution in [0.5, 0.6) is 0 Å². The lowest BCUT2D eigenvalue weighted by molar-refractivity contribution is -0.120. The second-order valence-electron chi connectivity index (χ2n) is 4.17. The summed E-state index contributed by atoms with van der Waals surface area (Å²) in [5, 5.41) is 9.15. The summed E-state index contributed by atoms with van der Waals surface area (Å²) in [6.45, 7) is 2.10. The monoisotopic (exact) mass is 265 g/mol. The van der Waals surface area contributed by atoms with Gasteiger partial charge in [0.25, 0.3) is 0 Å². The van der Waals surface area contributed by atoms with Gasteiger partial charge in [0, 0.05) is 23.4 Å². The minimum Gasteiger partial charge on any atom is -0.352 e. The average molecular weight is 265 g/mol. The van der Waals surface area contributed by atoms with E-state index in [4.69, 9.17) is 0 Å². The predicted molar refractivity (Wildman–Crippen MR) is 65.2 cm³/mol. The minimum absolute atomic E-state index is 0.219. The summed E-state index contributed by atoms with van der Waals surface area (Å²) in [4.78, 5) is 11.6. The molecule has 0 saturated carbocycles. The van der Waals surface area contributed by atoms with E-state index in [1.54, 1.807) is 6.20 Å². The Bertz CT molecular complexity index is 575. The largest absolute Gasteiger partial charge is 0.352 e. The van der Waals surface area contributed by atoms with Gasteiger partial charge in [-0.25, -0.2) is 8.78 Å². The van der Waals surface area contributed by atoms with E-state index < -0.39 is 17.5 Å². The normalized spacial score (nSPS) is 10.5. The molecule has 0 atom stereocenters. The maximum atomic E-state index is 13.4. The molecule has 100 valence electrons. The standard InChI is InChI=1S/C13H13F2N3O/c1-8-9(7-17-18-8)6-16-13(19)5-10-11(14)3-2-4-12(10)15/h2-4,7H,5-6H2,1H3,(H,16,19)(H,17,18). The first kappa shape index (κ1) is 13.2. The fourth-order valence-electron chi connectivity index (χ4n) is 1.67. The molecule has 1 amide bonds. The van der Waals surface area contributed by atoms with E-state index in [2.05, 4.69) is 15.5 Å². The number of aromatic nitrogens is 2. The highest BCUT2D eigenvalue weighted by atomic mass is 19.1. The number of hydrogen-bond acceptors (Lipinski definition) is 2. The lowest BCUT2D eigenvalue weighted by Crippen LogP contribution is -2.25. The van der Waals surface area contributed by atoms with Crippen LogP contribution in [0, 0.1) is 18.6 Å². The molecule has 1 heterocycles. The van der Waals surface area contributed by atoms with E-state index in [1.807, 2.05) is 6.92 Å². The van der Waals surface area contributed by atoms with Crippen molar-refractivity contribution in [3.05, 3.63) is 52.9 Å². The van der Waals surface area contributed by atoms with E-state index in [0.717, 1.165) is 23.4 Å². The summed E-state index contributed by atoms with van der Waals surface area (Å²) >= 11 is 0. The molecule has 0 radical (unpaired) electrons. The van der Waals surface area contributed by atoms with Crippen molar-refractivity contribution in [1.29, 1.82) is 0 Å². The summed E-state index contributed by atoms with van der Waals surface area (Å²) in [6.07, 6.45) is 1.27. The molecule has 0 spiro atoms. The number of H-pyrrole nitrogens is 1. The van der Waals surface area contributed by atoms with Crippen molar-refractivity contribution in [3.63, 3.8) is 0 Å². The molecular weight excluding hydrogens is 252 g/mol. The van der Waals surface area contributed by atoms with Crippen molar-refractivity contribution < 1.29 is 13.6 Å². The fraction of sp³-hybridized carbons (Fsp3) is 0.231. The molecule has 1 aromatic heterocycles. The van der Waals surface area contributed by atoms with Crippen LogP contribution in [-0.2, 0) is 17.8 Å². The van der Waals surface area contributed by atoms with E-state index in [9.17, 15) is 13.6 Å². The van der Waals surface area contributed by atoms with Crippen molar-refractivity contribution >= 4 is 5.91 Å². The van der Waals surface area contributed by atoms with Crippen LogP contribution >= 0.6 is 0 Å². The summed E-state index contributed by atoms with van der Waals surface area (Å²) in [7, 11) is 0. The highest BCUT2D eigenvalue weighted by Gasteiger charge is 2.13. The number of amides is 1. The molecule has 0 saturated heterocycles. The van der Waals surface area contributed by atoms with Crippen LogP contribution in [-0.4, -0.2) is 16.1 Å². The van der Waals surface area contributed by atoms with Crippen molar-refractivity contribution in [2.45, 2.75) is 19.9 Å². The molecule has 6 heteroatoms. The van der Waals surface area contributed by atoms with Gasteiger partial charge in [0.15, 0.2) is 0 Å². The molecule has 0 aliphatic rings. The number of halogens is 2. The van der Waals surface area contributed by atoms with Crippen LogP contribution in [0.15, 0.2) is 24.4 Å². The van der Waals surface area contributed by atoms with Crippen molar-refractivity contribution in [1.82, 2.24) is 15.5 Å². The zero-order chi connectivity index (χ0) is 13.8. The average Bonchev–Trinajstić information content (AvgIpc) is 2.77. The first-order valence-electron chi connectivity index (χ1n) is 5.76. The third-order valence-corrected chi connectivity index (χ3v) is 2.81. The molecule has 2 aromatic rings. The molecule has 4 nitrogen and oxygen atoms in total. The van der Waals surface area contributed by atoms with Crippen LogP contribution in [0.2, 0.25) is 0 Å². The summed E-state index contributed by atoms with van der Waals surface area (Å²) in [5.41, 5.74) is 1.46. The molecular formula is C13H13F2N3O. The molecule has 0 unspecified atom stereocenters. The number of nitrogens with one attached hydrogen (secondary N) is 2. The Balaban J connectivity index is 1.97. The van der Waals surface area contributed by atoms with Crippen LogP contribution < -0.4 is 5.32 Å². The van der Waals surface area contributed by atoms with Gasteiger partial charge in [-0.1, -0.05) is 6.07 Å². The molecule has 2 rings (SSSR count).